The van der Waals surface area contributed by atoms with Crippen molar-refractivity contribution >= 4 is 5.65 Å². The molecule has 0 fully saturated rings. The van der Waals surface area contributed by atoms with Gasteiger partial charge in [-0.05, 0) is 17.7 Å². The lowest BCUT2D eigenvalue weighted by Crippen LogP contribution is -1.97. The van der Waals surface area contributed by atoms with E-state index < -0.39 is 0 Å². The van der Waals surface area contributed by atoms with Crippen molar-refractivity contribution < 1.29 is 9.84 Å². The highest BCUT2D eigenvalue weighted by molar-refractivity contribution is 5.65. The molecule has 30 heavy (non-hydrogen) atoms. The van der Waals surface area contributed by atoms with Crippen molar-refractivity contribution in [1.82, 2.24) is 14.4 Å². The summed E-state index contributed by atoms with van der Waals surface area (Å²) in [7, 11) is 0. The molecule has 5 nitrogen and oxygen atoms in total. The normalized spacial score (nSPS) is 10.9. The highest BCUT2D eigenvalue weighted by Crippen LogP contribution is 2.32. The molecule has 5 heteroatoms. The smallest absolute Gasteiger partial charge is 0.264 e. The Kier molecular flexibility index (Phi) is 4.62. The summed E-state index contributed by atoms with van der Waals surface area (Å²) in [5.74, 6) is 1.09. The maximum absolute atomic E-state index is 10.9. The topological polar surface area (TPSA) is 59.7 Å². The van der Waals surface area contributed by atoms with Crippen LogP contribution in [0.25, 0.3) is 16.9 Å². The van der Waals surface area contributed by atoms with Crippen molar-refractivity contribution in [3.05, 3.63) is 108 Å². The van der Waals surface area contributed by atoms with E-state index in [2.05, 4.69) is 4.98 Å². The third kappa shape index (κ3) is 3.49. The Labute approximate surface area is 173 Å². The van der Waals surface area contributed by atoms with Crippen molar-refractivity contribution in [3.63, 3.8) is 0 Å². The van der Waals surface area contributed by atoms with Crippen LogP contribution in [0, 0.1) is 0 Å². The number of para-hydroxylation sites is 1. The molecule has 0 spiro atoms. The van der Waals surface area contributed by atoms with Crippen LogP contribution >= 0.6 is 0 Å². The van der Waals surface area contributed by atoms with Gasteiger partial charge in [0.15, 0.2) is 0 Å². The molecular formula is C25H19N3O2. The fourth-order valence-electron chi connectivity index (χ4n) is 3.38. The Morgan fingerprint density at radius 1 is 0.767 bits per heavy atom. The van der Waals surface area contributed by atoms with Crippen LogP contribution < -0.4 is 4.74 Å². The number of fused-ring (bicyclic) bond motifs is 1. The maximum atomic E-state index is 10.9. The quantitative estimate of drug-likeness (QED) is 0.429. The molecule has 0 bridgehead atoms. The molecule has 0 saturated heterocycles. The van der Waals surface area contributed by atoms with Gasteiger partial charge in [0.25, 0.3) is 5.88 Å². The van der Waals surface area contributed by atoms with E-state index in [0.717, 1.165) is 11.1 Å². The van der Waals surface area contributed by atoms with E-state index >= 15 is 0 Å². The van der Waals surface area contributed by atoms with Gasteiger partial charge < -0.3 is 9.84 Å². The Balaban J connectivity index is 1.66. The average Bonchev–Trinajstić information content (AvgIpc) is 3.11. The number of aromatic nitrogens is 3. The summed E-state index contributed by atoms with van der Waals surface area (Å²) in [6.07, 6.45) is 2.30. The van der Waals surface area contributed by atoms with Gasteiger partial charge in [-0.2, -0.15) is 0 Å². The molecule has 0 aliphatic rings. The summed E-state index contributed by atoms with van der Waals surface area (Å²) >= 11 is 0. The van der Waals surface area contributed by atoms with E-state index in [0.29, 0.717) is 35.1 Å². The minimum atomic E-state index is 0.0892. The molecule has 3 aromatic carbocycles. The van der Waals surface area contributed by atoms with E-state index in [-0.39, 0.29) is 5.88 Å². The minimum Gasteiger partial charge on any atom is -0.493 e. The van der Waals surface area contributed by atoms with Gasteiger partial charge in [0.2, 0.25) is 11.5 Å². The molecule has 0 unspecified atom stereocenters. The van der Waals surface area contributed by atoms with Crippen molar-refractivity contribution in [3.8, 4) is 28.8 Å². The second-order valence-corrected chi connectivity index (χ2v) is 6.95. The van der Waals surface area contributed by atoms with E-state index in [4.69, 9.17) is 9.72 Å². The standard InChI is InChI=1S/C25H19N3O2/c29-25-21(16-18-10-4-1-5-11-18)26-23-24(30-20-14-8-3-9-15-20)27-22(17-28(23)25)19-12-6-2-7-13-19/h1-15,17,29H,16H2. The summed E-state index contributed by atoms with van der Waals surface area (Å²) in [5, 5.41) is 10.9. The fourth-order valence-corrected chi connectivity index (χ4v) is 3.38. The highest BCUT2D eigenvalue weighted by atomic mass is 16.5. The monoisotopic (exact) mass is 393 g/mol. The molecule has 2 aromatic heterocycles. The van der Waals surface area contributed by atoms with Gasteiger partial charge in [0.1, 0.15) is 11.4 Å². The van der Waals surface area contributed by atoms with Crippen LogP contribution in [0.4, 0.5) is 0 Å². The summed E-state index contributed by atoms with van der Waals surface area (Å²) in [4.78, 5) is 9.38. The molecule has 0 atom stereocenters. The van der Waals surface area contributed by atoms with Crippen LogP contribution in [0.15, 0.2) is 97.2 Å². The van der Waals surface area contributed by atoms with Crippen LogP contribution in [0.5, 0.6) is 17.5 Å². The number of hydrogen-bond donors (Lipinski definition) is 1. The molecule has 5 rings (SSSR count). The largest absolute Gasteiger partial charge is 0.493 e. The molecule has 0 amide bonds. The van der Waals surface area contributed by atoms with Crippen LogP contribution in [-0.4, -0.2) is 19.5 Å². The van der Waals surface area contributed by atoms with Gasteiger partial charge in [-0.1, -0.05) is 78.9 Å². The van der Waals surface area contributed by atoms with Gasteiger partial charge >= 0.3 is 0 Å². The van der Waals surface area contributed by atoms with Crippen LogP contribution in [0.1, 0.15) is 11.3 Å². The number of nitrogens with zero attached hydrogens (tertiary/aromatic N) is 3. The first-order chi connectivity index (χ1) is 14.8. The molecular weight excluding hydrogens is 374 g/mol. The zero-order valence-corrected chi connectivity index (χ0v) is 16.1. The summed E-state index contributed by atoms with van der Waals surface area (Å²) in [5.41, 5.74) is 3.73. The SMILES string of the molecule is Oc1c(Cc2ccccc2)nc2c(Oc3ccccc3)nc(-c3ccccc3)cn12. The molecule has 1 N–H and O–H groups in total. The van der Waals surface area contributed by atoms with Gasteiger partial charge in [-0.15, -0.1) is 0 Å². The van der Waals surface area contributed by atoms with Crippen molar-refractivity contribution in [2.24, 2.45) is 0 Å². The van der Waals surface area contributed by atoms with Gasteiger partial charge in [0.05, 0.1) is 5.69 Å². The van der Waals surface area contributed by atoms with Crippen LogP contribution in [0.3, 0.4) is 0 Å². The van der Waals surface area contributed by atoms with E-state index in [1.54, 1.807) is 10.6 Å². The maximum Gasteiger partial charge on any atom is 0.264 e. The van der Waals surface area contributed by atoms with Crippen molar-refractivity contribution in [1.29, 1.82) is 0 Å². The van der Waals surface area contributed by atoms with Crippen LogP contribution in [0.2, 0.25) is 0 Å². The van der Waals surface area contributed by atoms with E-state index in [1.807, 2.05) is 91.0 Å². The second-order valence-electron chi connectivity index (χ2n) is 6.95. The number of rotatable bonds is 5. The predicted octanol–water partition coefficient (Wildman–Crippen LogP) is 5.49. The first-order valence-corrected chi connectivity index (χ1v) is 9.71. The molecule has 146 valence electrons. The van der Waals surface area contributed by atoms with E-state index in [9.17, 15) is 5.11 Å². The van der Waals surface area contributed by atoms with Crippen molar-refractivity contribution in [2.45, 2.75) is 6.42 Å². The number of ether oxygens (including phenoxy) is 1. The third-order valence-corrected chi connectivity index (χ3v) is 4.86. The zero-order chi connectivity index (χ0) is 20.3. The summed E-state index contributed by atoms with van der Waals surface area (Å²) < 4.78 is 7.71. The van der Waals surface area contributed by atoms with Gasteiger partial charge in [-0.25, -0.2) is 9.97 Å². The summed E-state index contributed by atoms with van der Waals surface area (Å²) in [6, 6.07) is 29.2. The van der Waals surface area contributed by atoms with Gasteiger partial charge in [0, 0.05) is 18.2 Å². The van der Waals surface area contributed by atoms with Gasteiger partial charge in [-0.3, -0.25) is 4.40 Å². The summed E-state index contributed by atoms with van der Waals surface area (Å²) in [6.45, 7) is 0. The first-order valence-electron chi connectivity index (χ1n) is 9.71. The minimum absolute atomic E-state index is 0.0892. The van der Waals surface area contributed by atoms with Crippen LogP contribution in [-0.2, 0) is 6.42 Å². The fraction of sp³-hybridized carbons (Fsp3) is 0.0400. The van der Waals surface area contributed by atoms with E-state index in [1.165, 1.54) is 0 Å². The molecule has 0 radical (unpaired) electrons. The Morgan fingerprint density at radius 3 is 2.10 bits per heavy atom. The highest BCUT2D eigenvalue weighted by Gasteiger charge is 2.19. The molecule has 0 aliphatic carbocycles. The lowest BCUT2D eigenvalue weighted by atomic mass is 10.1. The third-order valence-electron chi connectivity index (χ3n) is 4.86. The zero-order valence-electron chi connectivity index (χ0n) is 16.1. The molecule has 5 aromatic rings. The second kappa shape index (κ2) is 7.72. The lowest BCUT2D eigenvalue weighted by Gasteiger charge is -2.09. The lowest BCUT2D eigenvalue weighted by molar-refractivity contribution is 0.438. The number of imidazole rings is 1. The predicted molar refractivity (Wildman–Crippen MR) is 116 cm³/mol. The Morgan fingerprint density at radius 2 is 1.40 bits per heavy atom. The molecule has 0 saturated carbocycles. The molecule has 2 heterocycles. The number of benzene rings is 3. The number of aromatic hydroxyl groups is 1. The first kappa shape index (κ1) is 17.9. The Hall–Kier alpha value is -4.12. The van der Waals surface area contributed by atoms with Crippen molar-refractivity contribution in [2.75, 3.05) is 0 Å². The number of hydrogen-bond acceptors (Lipinski definition) is 4. The Bertz CT molecular complexity index is 1280. The average molecular weight is 393 g/mol. The molecule has 0 aliphatic heterocycles.